The summed E-state index contributed by atoms with van der Waals surface area (Å²) in [5.41, 5.74) is 6.91. The molecule has 0 aliphatic rings. The maximum Gasteiger partial charge on any atom is 0.320 e. The number of ketones is 2. The molecule has 1 aromatic carbocycles. The van der Waals surface area contributed by atoms with E-state index >= 15 is 0 Å². The Balaban J connectivity index is 2.66. The lowest BCUT2D eigenvalue weighted by Crippen LogP contribution is -2.32. The summed E-state index contributed by atoms with van der Waals surface area (Å²) in [4.78, 5) is 32.6. The predicted molar refractivity (Wildman–Crippen MR) is 65.1 cm³/mol. The number of rotatable bonds is 6. The van der Waals surface area contributed by atoms with Crippen LogP contribution < -0.4 is 5.73 Å². The van der Waals surface area contributed by atoms with Gasteiger partial charge in [0.05, 0.1) is 0 Å². The van der Waals surface area contributed by atoms with Crippen molar-refractivity contribution in [3.05, 3.63) is 35.4 Å². The molecule has 3 N–H and O–H groups in total. The van der Waals surface area contributed by atoms with Gasteiger partial charge in [-0.15, -0.1) is 0 Å². The van der Waals surface area contributed by atoms with Crippen molar-refractivity contribution < 1.29 is 19.5 Å². The lowest BCUT2D eigenvalue weighted by atomic mass is 10.0. The van der Waals surface area contributed by atoms with E-state index in [0.29, 0.717) is 0 Å². The summed E-state index contributed by atoms with van der Waals surface area (Å²) in [7, 11) is 0. The number of hydrogen-bond acceptors (Lipinski definition) is 4. The first-order chi connectivity index (χ1) is 8.40. The third-order valence-corrected chi connectivity index (χ3v) is 2.55. The molecule has 0 saturated heterocycles. The molecule has 0 fully saturated rings. The van der Waals surface area contributed by atoms with Crippen molar-refractivity contribution in [3.63, 3.8) is 0 Å². The fourth-order valence-electron chi connectivity index (χ4n) is 1.44. The number of carboxylic acid groups (broad SMARTS) is 1. The molecule has 0 amide bonds. The minimum atomic E-state index is -1.05. The molecule has 0 aliphatic carbocycles. The molecule has 5 heteroatoms. The summed E-state index contributed by atoms with van der Waals surface area (Å²) < 4.78 is 0. The fourth-order valence-corrected chi connectivity index (χ4v) is 1.44. The lowest BCUT2D eigenvalue weighted by molar-refractivity contribution is -0.138. The van der Waals surface area contributed by atoms with E-state index in [9.17, 15) is 14.4 Å². The second kappa shape index (κ2) is 6.07. The smallest absolute Gasteiger partial charge is 0.320 e. The zero-order valence-corrected chi connectivity index (χ0v) is 10.1. The highest BCUT2D eigenvalue weighted by molar-refractivity contribution is 6.36. The van der Waals surface area contributed by atoms with Crippen LogP contribution in [-0.2, 0) is 27.2 Å². The standard InChI is InChI=1S/C13H15NO4/c1-8(15)12(16)7-10-4-2-9(3-5-10)6-11(14)13(17)18/h2-5,11H,6-7,14H2,1H3,(H,17,18). The number of carbonyl (C=O) groups is 3. The third-order valence-electron chi connectivity index (χ3n) is 2.55. The van der Waals surface area contributed by atoms with Gasteiger partial charge in [0.1, 0.15) is 6.04 Å². The van der Waals surface area contributed by atoms with Gasteiger partial charge in [-0.05, 0) is 17.5 Å². The van der Waals surface area contributed by atoms with Crippen LogP contribution in [0, 0.1) is 0 Å². The molecular formula is C13H15NO4. The largest absolute Gasteiger partial charge is 0.480 e. The van der Waals surface area contributed by atoms with Crippen LogP contribution in [0.3, 0.4) is 0 Å². The molecular weight excluding hydrogens is 234 g/mol. The number of carbonyl (C=O) groups excluding carboxylic acids is 2. The van der Waals surface area contributed by atoms with E-state index in [2.05, 4.69) is 0 Å². The van der Waals surface area contributed by atoms with Crippen molar-refractivity contribution in [3.8, 4) is 0 Å². The van der Waals surface area contributed by atoms with Gasteiger partial charge in [-0.1, -0.05) is 24.3 Å². The molecule has 96 valence electrons. The van der Waals surface area contributed by atoms with Gasteiger partial charge < -0.3 is 10.8 Å². The molecule has 0 aliphatic heterocycles. The van der Waals surface area contributed by atoms with Crippen molar-refractivity contribution >= 4 is 17.5 Å². The van der Waals surface area contributed by atoms with Crippen LogP contribution in [-0.4, -0.2) is 28.7 Å². The summed E-state index contributed by atoms with van der Waals surface area (Å²) in [6.45, 7) is 1.24. The Morgan fingerprint density at radius 2 is 1.67 bits per heavy atom. The molecule has 0 spiro atoms. The van der Waals surface area contributed by atoms with Crippen LogP contribution in [0.2, 0.25) is 0 Å². The van der Waals surface area contributed by atoms with Gasteiger partial charge in [0.15, 0.2) is 5.78 Å². The molecule has 0 saturated carbocycles. The Morgan fingerprint density at radius 3 is 2.11 bits per heavy atom. The Labute approximate surface area is 105 Å². The highest BCUT2D eigenvalue weighted by Crippen LogP contribution is 2.08. The normalized spacial score (nSPS) is 11.9. The van der Waals surface area contributed by atoms with E-state index in [1.165, 1.54) is 6.92 Å². The van der Waals surface area contributed by atoms with E-state index in [0.717, 1.165) is 11.1 Å². The second-order valence-electron chi connectivity index (χ2n) is 4.12. The minimum absolute atomic E-state index is 0.0700. The fraction of sp³-hybridized carbons (Fsp3) is 0.308. The molecule has 5 nitrogen and oxygen atoms in total. The summed E-state index contributed by atoms with van der Waals surface area (Å²) in [6.07, 6.45) is 0.302. The van der Waals surface area contributed by atoms with Crippen molar-refractivity contribution in [2.75, 3.05) is 0 Å². The van der Waals surface area contributed by atoms with Gasteiger partial charge in [-0.2, -0.15) is 0 Å². The average molecular weight is 249 g/mol. The van der Waals surface area contributed by atoms with Crippen LogP contribution >= 0.6 is 0 Å². The lowest BCUT2D eigenvalue weighted by Gasteiger charge is -2.07. The van der Waals surface area contributed by atoms with Crippen LogP contribution in [0.25, 0.3) is 0 Å². The number of Topliss-reactive ketones (excluding diaryl/α,β-unsaturated/α-hetero) is 2. The predicted octanol–water partition coefficient (Wildman–Crippen LogP) is 0.342. The SMILES string of the molecule is CC(=O)C(=O)Cc1ccc(CC(N)C(=O)O)cc1. The zero-order chi connectivity index (χ0) is 13.7. The van der Waals surface area contributed by atoms with Crippen LogP contribution in [0.15, 0.2) is 24.3 Å². The van der Waals surface area contributed by atoms with Crippen LogP contribution in [0.1, 0.15) is 18.1 Å². The summed E-state index contributed by atoms with van der Waals surface area (Å²) in [6, 6.07) is 5.89. The van der Waals surface area contributed by atoms with Crippen LogP contribution in [0.5, 0.6) is 0 Å². The zero-order valence-electron chi connectivity index (χ0n) is 10.1. The molecule has 1 aromatic rings. The van der Waals surface area contributed by atoms with Crippen molar-refractivity contribution in [2.24, 2.45) is 5.73 Å². The molecule has 1 unspecified atom stereocenters. The number of benzene rings is 1. The van der Waals surface area contributed by atoms with Gasteiger partial charge >= 0.3 is 5.97 Å². The maximum atomic E-state index is 11.2. The first kappa shape index (κ1) is 14.1. The van der Waals surface area contributed by atoms with E-state index in [-0.39, 0.29) is 12.8 Å². The Hall–Kier alpha value is -2.01. The first-order valence-electron chi connectivity index (χ1n) is 5.50. The summed E-state index contributed by atoms with van der Waals surface area (Å²) in [5.74, 6) is -1.96. The van der Waals surface area contributed by atoms with Crippen molar-refractivity contribution in [1.29, 1.82) is 0 Å². The minimum Gasteiger partial charge on any atom is -0.480 e. The topological polar surface area (TPSA) is 97.5 Å². The quantitative estimate of drug-likeness (QED) is 0.708. The molecule has 1 rings (SSSR count). The highest BCUT2D eigenvalue weighted by atomic mass is 16.4. The third kappa shape index (κ3) is 4.10. The monoisotopic (exact) mass is 249 g/mol. The Kier molecular flexibility index (Phi) is 4.74. The molecule has 0 aromatic heterocycles. The van der Waals surface area contributed by atoms with E-state index < -0.39 is 23.6 Å². The summed E-state index contributed by atoms with van der Waals surface area (Å²) >= 11 is 0. The van der Waals surface area contributed by atoms with E-state index in [4.69, 9.17) is 10.8 Å². The molecule has 0 bridgehead atoms. The Bertz CT molecular complexity index is 464. The van der Waals surface area contributed by atoms with Crippen molar-refractivity contribution in [1.82, 2.24) is 0 Å². The van der Waals surface area contributed by atoms with Gasteiger partial charge in [-0.25, -0.2) is 0 Å². The summed E-state index contributed by atoms with van der Waals surface area (Å²) in [5, 5.41) is 8.67. The van der Waals surface area contributed by atoms with E-state index in [1.54, 1.807) is 24.3 Å². The van der Waals surface area contributed by atoms with Gasteiger partial charge in [0.2, 0.25) is 5.78 Å². The van der Waals surface area contributed by atoms with Gasteiger partial charge in [0, 0.05) is 13.3 Å². The molecule has 18 heavy (non-hydrogen) atoms. The number of hydrogen-bond donors (Lipinski definition) is 2. The maximum absolute atomic E-state index is 11.2. The van der Waals surface area contributed by atoms with E-state index in [1.807, 2.05) is 0 Å². The molecule has 1 atom stereocenters. The number of carboxylic acids is 1. The highest BCUT2D eigenvalue weighted by Gasteiger charge is 2.12. The second-order valence-corrected chi connectivity index (χ2v) is 4.12. The van der Waals surface area contributed by atoms with Gasteiger partial charge in [0.25, 0.3) is 0 Å². The van der Waals surface area contributed by atoms with Gasteiger partial charge in [-0.3, -0.25) is 14.4 Å². The van der Waals surface area contributed by atoms with Crippen LogP contribution in [0.4, 0.5) is 0 Å². The molecule has 0 heterocycles. The number of nitrogens with two attached hydrogens (primary N) is 1. The Morgan fingerprint density at radius 1 is 1.17 bits per heavy atom. The number of aliphatic carboxylic acids is 1. The first-order valence-corrected chi connectivity index (χ1v) is 5.50. The molecule has 0 radical (unpaired) electrons. The average Bonchev–Trinajstić information content (AvgIpc) is 2.31. The van der Waals surface area contributed by atoms with Crippen molar-refractivity contribution in [2.45, 2.75) is 25.8 Å².